The van der Waals surface area contributed by atoms with Crippen LogP contribution in [0.15, 0.2) is 20.1 Å². The van der Waals surface area contributed by atoms with E-state index in [0.717, 1.165) is 23.0 Å². The standard InChI is InChI=1S/C10H13Br2NO2S2/c11-7-8-3-1-2-6-13(8)17(14,15)10-5-4-9(12)16-10/h4-5,8H,1-3,6-7H2. The van der Waals surface area contributed by atoms with Crippen LogP contribution in [0.5, 0.6) is 0 Å². The molecule has 1 aliphatic heterocycles. The summed E-state index contributed by atoms with van der Waals surface area (Å²) in [7, 11) is -3.31. The number of alkyl halides is 1. The molecule has 2 heterocycles. The molecule has 1 aromatic rings. The summed E-state index contributed by atoms with van der Waals surface area (Å²) in [6.45, 7) is 0.633. The van der Waals surface area contributed by atoms with E-state index < -0.39 is 10.0 Å². The van der Waals surface area contributed by atoms with Gasteiger partial charge in [0.1, 0.15) is 4.21 Å². The van der Waals surface area contributed by atoms with E-state index in [1.807, 2.05) is 0 Å². The number of piperidine rings is 1. The SMILES string of the molecule is O=S(=O)(c1ccc(Br)s1)N1CCCCC1CBr. The van der Waals surface area contributed by atoms with Gasteiger partial charge in [-0.15, -0.1) is 11.3 Å². The molecule has 1 saturated heterocycles. The van der Waals surface area contributed by atoms with Crippen molar-refractivity contribution in [3.8, 4) is 0 Å². The van der Waals surface area contributed by atoms with Crippen molar-refractivity contribution in [2.45, 2.75) is 29.5 Å². The smallest absolute Gasteiger partial charge is 0.206 e. The van der Waals surface area contributed by atoms with Gasteiger partial charge in [0, 0.05) is 17.9 Å². The van der Waals surface area contributed by atoms with Crippen molar-refractivity contribution < 1.29 is 8.42 Å². The average molecular weight is 403 g/mol. The van der Waals surface area contributed by atoms with E-state index in [9.17, 15) is 8.42 Å². The summed E-state index contributed by atoms with van der Waals surface area (Å²) in [5, 5.41) is 0.707. The van der Waals surface area contributed by atoms with Crippen molar-refractivity contribution in [3.63, 3.8) is 0 Å². The van der Waals surface area contributed by atoms with Gasteiger partial charge in [-0.2, -0.15) is 4.31 Å². The van der Waals surface area contributed by atoms with E-state index >= 15 is 0 Å². The lowest BCUT2D eigenvalue weighted by Crippen LogP contribution is -2.44. The van der Waals surface area contributed by atoms with Gasteiger partial charge < -0.3 is 0 Å². The van der Waals surface area contributed by atoms with Gasteiger partial charge in [-0.3, -0.25) is 0 Å². The van der Waals surface area contributed by atoms with E-state index in [1.165, 1.54) is 11.3 Å². The summed E-state index contributed by atoms with van der Waals surface area (Å²) in [4.78, 5) is 0. The molecule has 2 rings (SSSR count). The highest BCUT2D eigenvalue weighted by Crippen LogP contribution is 2.32. The quantitative estimate of drug-likeness (QED) is 0.726. The molecule has 1 fully saturated rings. The fourth-order valence-corrected chi connectivity index (χ4v) is 6.69. The van der Waals surface area contributed by atoms with Crippen LogP contribution in [-0.4, -0.2) is 30.6 Å². The molecule has 0 saturated carbocycles. The lowest BCUT2D eigenvalue weighted by atomic mass is 10.1. The van der Waals surface area contributed by atoms with Crippen molar-refractivity contribution in [3.05, 3.63) is 15.9 Å². The number of nitrogens with zero attached hydrogens (tertiary/aromatic N) is 1. The van der Waals surface area contributed by atoms with Gasteiger partial charge in [0.15, 0.2) is 0 Å². The minimum Gasteiger partial charge on any atom is -0.206 e. The Kier molecular flexibility index (Phi) is 4.68. The van der Waals surface area contributed by atoms with Gasteiger partial charge in [0.2, 0.25) is 0 Å². The van der Waals surface area contributed by atoms with Crippen LogP contribution in [0.1, 0.15) is 19.3 Å². The first-order valence-electron chi connectivity index (χ1n) is 5.39. The second kappa shape index (κ2) is 5.69. The third-order valence-corrected chi connectivity index (χ3v) is 7.65. The van der Waals surface area contributed by atoms with Crippen LogP contribution < -0.4 is 0 Å². The second-order valence-corrected chi connectivity index (χ2v) is 9.21. The summed E-state index contributed by atoms with van der Waals surface area (Å²) in [6.07, 6.45) is 3.00. The normalized spacial score (nSPS) is 22.8. The first-order chi connectivity index (χ1) is 8.05. The largest absolute Gasteiger partial charge is 0.252 e. The fraction of sp³-hybridized carbons (Fsp3) is 0.600. The van der Waals surface area contributed by atoms with Crippen LogP contribution in [0.4, 0.5) is 0 Å². The van der Waals surface area contributed by atoms with Crippen molar-refractivity contribution in [1.82, 2.24) is 4.31 Å². The number of hydrogen-bond donors (Lipinski definition) is 0. The van der Waals surface area contributed by atoms with Crippen LogP contribution in [0.25, 0.3) is 0 Å². The minimum atomic E-state index is -3.31. The molecule has 1 atom stereocenters. The highest BCUT2D eigenvalue weighted by Gasteiger charge is 2.33. The molecule has 0 amide bonds. The average Bonchev–Trinajstić information content (AvgIpc) is 2.76. The van der Waals surface area contributed by atoms with Crippen LogP contribution >= 0.6 is 43.2 Å². The number of rotatable bonds is 3. The highest BCUT2D eigenvalue weighted by molar-refractivity contribution is 9.11. The molecule has 1 aliphatic rings. The van der Waals surface area contributed by atoms with Crippen LogP contribution in [-0.2, 0) is 10.0 Å². The summed E-state index contributed by atoms with van der Waals surface area (Å²) < 4.78 is 27.8. The van der Waals surface area contributed by atoms with Gasteiger partial charge in [0.25, 0.3) is 10.0 Å². The van der Waals surface area contributed by atoms with E-state index in [4.69, 9.17) is 0 Å². The molecule has 3 nitrogen and oxygen atoms in total. The third kappa shape index (κ3) is 2.94. The van der Waals surface area contributed by atoms with E-state index in [0.29, 0.717) is 16.1 Å². The molecule has 96 valence electrons. The van der Waals surface area contributed by atoms with Crippen LogP contribution in [0.3, 0.4) is 0 Å². The number of hydrogen-bond acceptors (Lipinski definition) is 3. The highest BCUT2D eigenvalue weighted by atomic mass is 79.9. The molecule has 1 unspecified atom stereocenters. The van der Waals surface area contributed by atoms with Gasteiger partial charge in [-0.1, -0.05) is 22.4 Å². The first-order valence-corrected chi connectivity index (χ1v) is 9.56. The van der Waals surface area contributed by atoms with Crippen LogP contribution in [0, 0.1) is 0 Å². The summed E-state index contributed by atoms with van der Waals surface area (Å²) in [6, 6.07) is 3.55. The molecule has 0 aliphatic carbocycles. The molecule has 0 N–H and O–H groups in total. The zero-order valence-electron chi connectivity index (χ0n) is 9.10. The lowest BCUT2D eigenvalue weighted by molar-refractivity contribution is 0.274. The van der Waals surface area contributed by atoms with Crippen molar-refractivity contribution in [2.75, 3.05) is 11.9 Å². The number of sulfonamides is 1. The van der Waals surface area contributed by atoms with Gasteiger partial charge in [0.05, 0.1) is 3.79 Å². The summed E-state index contributed by atoms with van der Waals surface area (Å²) in [5.41, 5.74) is 0. The molecule has 0 spiro atoms. The Morgan fingerprint density at radius 1 is 1.41 bits per heavy atom. The topological polar surface area (TPSA) is 37.4 Å². The third-order valence-electron chi connectivity index (χ3n) is 2.86. The Morgan fingerprint density at radius 2 is 2.18 bits per heavy atom. The molecule has 1 aromatic heterocycles. The number of thiophene rings is 1. The predicted octanol–water partition coefficient (Wildman–Crippen LogP) is 3.45. The van der Waals surface area contributed by atoms with Gasteiger partial charge in [-0.25, -0.2) is 8.42 Å². The van der Waals surface area contributed by atoms with E-state index in [1.54, 1.807) is 16.4 Å². The molecule has 17 heavy (non-hydrogen) atoms. The summed E-state index contributed by atoms with van der Waals surface area (Å²) >= 11 is 7.99. The molecule has 0 aromatic carbocycles. The lowest BCUT2D eigenvalue weighted by Gasteiger charge is -2.33. The fourth-order valence-electron chi connectivity index (χ4n) is 2.00. The molecular weight excluding hydrogens is 390 g/mol. The van der Waals surface area contributed by atoms with Crippen molar-refractivity contribution in [2.24, 2.45) is 0 Å². The van der Waals surface area contributed by atoms with E-state index in [-0.39, 0.29) is 6.04 Å². The maximum absolute atomic E-state index is 12.5. The Bertz CT molecular complexity index is 486. The van der Waals surface area contributed by atoms with Gasteiger partial charge in [-0.05, 0) is 40.9 Å². The van der Waals surface area contributed by atoms with Crippen molar-refractivity contribution in [1.29, 1.82) is 0 Å². The Balaban J connectivity index is 2.30. The molecule has 7 heteroatoms. The maximum atomic E-state index is 12.5. The molecule has 0 bridgehead atoms. The molecule has 0 radical (unpaired) electrons. The van der Waals surface area contributed by atoms with Crippen LogP contribution in [0.2, 0.25) is 0 Å². The molecular formula is C10H13Br2NO2S2. The Labute approximate surface area is 123 Å². The van der Waals surface area contributed by atoms with Crippen molar-refractivity contribution >= 4 is 53.2 Å². The minimum absolute atomic E-state index is 0.0922. The van der Waals surface area contributed by atoms with Gasteiger partial charge >= 0.3 is 0 Å². The maximum Gasteiger partial charge on any atom is 0.252 e. The summed E-state index contributed by atoms with van der Waals surface area (Å²) in [5.74, 6) is 0. The monoisotopic (exact) mass is 401 g/mol. The zero-order chi connectivity index (χ0) is 12.5. The predicted molar refractivity (Wildman–Crippen MR) is 77.3 cm³/mol. The Morgan fingerprint density at radius 3 is 2.76 bits per heavy atom. The Hall–Kier alpha value is 0.570. The number of halogens is 2. The van der Waals surface area contributed by atoms with E-state index in [2.05, 4.69) is 31.9 Å². The zero-order valence-corrected chi connectivity index (χ0v) is 13.9. The first kappa shape index (κ1) is 14.0. The second-order valence-electron chi connectivity index (χ2n) is 3.98.